The lowest BCUT2D eigenvalue weighted by atomic mass is 10.1. The monoisotopic (exact) mass is 343 g/mol. The van der Waals surface area contributed by atoms with E-state index in [2.05, 4.69) is 21.2 Å². The summed E-state index contributed by atoms with van der Waals surface area (Å²) in [7, 11) is 0. The predicted molar refractivity (Wildman–Crippen MR) is 78.4 cm³/mol. The summed E-state index contributed by atoms with van der Waals surface area (Å²) >= 11 is 3.28. The van der Waals surface area contributed by atoms with Crippen molar-refractivity contribution in [3.05, 3.63) is 34.3 Å². The average molecular weight is 344 g/mol. The first kappa shape index (κ1) is 16.7. The third-order valence-electron chi connectivity index (χ3n) is 2.83. The molecule has 1 aromatic rings. The number of amides is 1. The fourth-order valence-corrected chi connectivity index (χ4v) is 1.75. The number of carboxylic acid groups (broad SMARTS) is 1. The number of benzene rings is 1. The SMILES string of the molecule is CCC(C)OCC(=O)NC(C(=O)O)c1ccc(Br)cc1. The molecule has 0 radical (unpaired) electrons. The van der Waals surface area contributed by atoms with Gasteiger partial charge in [0.15, 0.2) is 6.04 Å². The summed E-state index contributed by atoms with van der Waals surface area (Å²) in [6.45, 7) is 3.66. The van der Waals surface area contributed by atoms with Gasteiger partial charge < -0.3 is 15.2 Å². The van der Waals surface area contributed by atoms with Gasteiger partial charge in [-0.25, -0.2) is 4.79 Å². The third kappa shape index (κ3) is 5.30. The maximum Gasteiger partial charge on any atom is 0.330 e. The molecule has 0 aliphatic carbocycles. The Bertz CT molecular complexity index is 461. The Hall–Kier alpha value is -1.40. The van der Waals surface area contributed by atoms with Gasteiger partial charge in [-0.2, -0.15) is 0 Å². The smallest absolute Gasteiger partial charge is 0.330 e. The Morgan fingerprint density at radius 3 is 2.45 bits per heavy atom. The number of nitrogens with one attached hydrogen (secondary N) is 1. The summed E-state index contributed by atoms with van der Waals surface area (Å²) < 4.78 is 6.12. The molecule has 0 fully saturated rings. The second-order valence-electron chi connectivity index (χ2n) is 4.42. The lowest BCUT2D eigenvalue weighted by Gasteiger charge is -2.16. The molecule has 0 saturated heterocycles. The molecule has 0 aliphatic rings. The van der Waals surface area contributed by atoms with Crippen molar-refractivity contribution in [2.24, 2.45) is 0 Å². The Morgan fingerprint density at radius 1 is 1.35 bits per heavy atom. The molecule has 5 nitrogen and oxygen atoms in total. The largest absolute Gasteiger partial charge is 0.479 e. The first-order valence-corrected chi connectivity index (χ1v) is 7.12. The van der Waals surface area contributed by atoms with Crippen LogP contribution >= 0.6 is 15.9 Å². The molecular formula is C14H18BrNO4. The van der Waals surface area contributed by atoms with Crippen LogP contribution in [0, 0.1) is 0 Å². The van der Waals surface area contributed by atoms with Crippen LogP contribution in [0.2, 0.25) is 0 Å². The normalized spacial score (nSPS) is 13.6. The predicted octanol–water partition coefficient (Wildman–Crippen LogP) is 2.51. The third-order valence-corrected chi connectivity index (χ3v) is 3.36. The standard InChI is InChI=1S/C14H18BrNO4/c1-3-9(2)20-8-12(17)16-13(14(18)19)10-4-6-11(15)7-5-10/h4-7,9,13H,3,8H2,1-2H3,(H,16,17)(H,18,19). The highest BCUT2D eigenvalue weighted by molar-refractivity contribution is 9.10. The molecule has 0 aromatic heterocycles. The van der Waals surface area contributed by atoms with Crippen molar-refractivity contribution in [1.29, 1.82) is 0 Å². The molecule has 20 heavy (non-hydrogen) atoms. The molecule has 1 aromatic carbocycles. The second kappa shape index (κ2) is 8.01. The highest BCUT2D eigenvalue weighted by atomic mass is 79.9. The topological polar surface area (TPSA) is 75.6 Å². The van der Waals surface area contributed by atoms with Crippen molar-refractivity contribution < 1.29 is 19.4 Å². The number of carbonyl (C=O) groups excluding carboxylic acids is 1. The van der Waals surface area contributed by atoms with Gasteiger partial charge in [0.05, 0.1) is 6.10 Å². The Morgan fingerprint density at radius 2 is 1.95 bits per heavy atom. The maximum absolute atomic E-state index is 11.7. The fraction of sp³-hybridized carbons (Fsp3) is 0.429. The zero-order valence-electron chi connectivity index (χ0n) is 11.4. The van der Waals surface area contributed by atoms with E-state index >= 15 is 0 Å². The number of rotatable bonds is 7. The first-order valence-electron chi connectivity index (χ1n) is 6.33. The van der Waals surface area contributed by atoms with Gasteiger partial charge in [0.25, 0.3) is 0 Å². The number of aliphatic carboxylic acids is 1. The molecule has 0 bridgehead atoms. The quantitative estimate of drug-likeness (QED) is 0.797. The molecule has 2 unspecified atom stereocenters. The molecule has 1 amide bonds. The van der Waals surface area contributed by atoms with Crippen molar-refractivity contribution in [3.8, 4) is 0 Å². The van der Waals surface area contributed by atoms with Gasteiger partial charge in [-0.3, -0.25) is 4.79 Å². The fourth-order valence-electron chi connectivity index (χ4n) is 1.48. The Balaban J connectivity index is 2.66. The second-order valence-corrected chi connectivity index (χ2v) is 5.34. The van der Waals surface area contributed by atoms with Crippen molar-refractivity contribution in [2.75, 3.05) is 6.61 Å². The Kier molecular flexibility index (Phi) is 6.67. The molecule has 6 heteroatoms. The van der Waals surface area contributed by atoms with Crippen LogP contribution in [0.3, 0.4) is 0 Å². The molecule has 2 atom stereocenters. The zero-order valence-corrected chi connectivity index (χ0v) is 13.0. The summed E-state index contributed by atoms with van der Waals surface area (Å²) in [5, 5.41) is 11.7. The van der Waals surface area contributed by atoms with Crippen LogP contribution in [0.25, 0.3) is 0 Å². The highest BCUT2D eigenvalue weighted by Crippen LogP contribution is 2.17. The summed E-state index contributed by atoms with van der Waals surface area (Å²) in [5.41, 5.74) is 0.512. The highest BCUT2D eigenvalue weighted by Gasteiger charge is 2.22. The van der Waals surface area contributed by atoms with E-state index in [1.165, 1.54) is 0 Å². The van der Waals surface area contributed by atoms with Gasteiger partial charge in [-0.05, 0) is 31.0 Å². The lowest BCUT2D eigenvalue weighted by molar-refractivity contribution is -0.143. The van der Waals surface area contributed by atoms with Crippen LogP contribution in [-0.2, 0) is 14.3 Å². The summed E-state index contributed by atoms with van der Waals surface area (Å²) in [6, 6.07) is 5.69. The molecular weight excluding hydrogens is 326 g/mol. The molecule has 0 spiro atoms. The van der Waals surface area contributed by atoms with Gasteiger partial charge in [0.1, 0.15) is 6.61 Å². The van der Waals surface area contributed by atoms with Gasteiger partial charge >= 0.3 is 5.97 Å². The summed E-state index contributed by atoms with van der Waals surface area (Å²) in [4.78, 5) is 23.0. The minimum Gasteiger partial charge on any atom is -0.479 e. The van der Waals surface area contributed by atoms with Crippen LogP contribution in [0.4, 0.5) is 0 Å². The number of hydrogen-bond acceptors (Lipinski definition) is 3. The van der Waals surface area contributed by atoms with E-state index in [1.54, 1.807) is 24.3 Å². The van der Waals surface area contributed by atoms with E-state index < -0.39 is 17.9 Å². The summed E-state index contributed by atoms with van der Waals surface area (Å²) in [5.74, 6) is -1.55. The molecule has 0 heterocycles. The van der Waals surface area contributed by atoms with Crippen molar-refractivity contribution >= 4 is 27.8 Å². The van der Waals surface area contributed by atoms with Gasteiger partial charge in [-0.1, -0.05) is 35.0 Å². The maximum atomic E-state index is 11.7. The van der Waals surface area contributed by atoms with Crippen LogP contribution in [-0.4, -0.2) is 29.7 Å². The lowest BCUT2D eigenvalue weighted by Crippen LogP contribution is -2.36. The minimum atomic E-state index is -1.11. The van der Waals surface area contributed by atoms with E-state index in [0.717, 1.165) is 10.9 Å². The first-order chi connectivity index (χ1) is 9.43. The number of carbonyl (C=O) groups is 2. The molecule has 0 saturated carbocycles. The van der Waals surface area contributed by atoms with E-state index in [4.69, 9.17) is 4.74 Å². The van der Waals surface area contributed by atoms with Crippen LogP contribution < -0.4 is 5.32 Å². The zero-order chi connectivity index (χ0) is 15.1. The minimum absolute atomic E-state index is 0.0308. The van der Waals surface area contributed by atoms with Crippen LogP contribution in [0.15, 0.2) is 28.7 Å². The van der Waals surface area contributed by atoms with Crippen molar-refractivity contribution in [1.82, 2.24) is 5.32 Å². The summed E-state index contributed by atoms with van der Waals surface area (Å²) in [6.07, 6.45) is 0.763. The Labute approximate surface area is 126 Å². The van der Waals surface area contributed by atoms with Gasteiger partial charge in [0, 0.05) is 4.47 Å². The number of hydrogen-bond donors (Lipinski definition) is 2. The molecule has 2 N–H and O–H groups in total. The van der Waals surface area contributed by atoms with Crippen LogP contribution in [0.5, 0.6) is 0 Å². The number of carboxylic acids is 1. The van der Waals surface area contributed by atoms with Crippen molar-refractivity contribution in [2.45, 2.75) is 32.4 Å². The van der Waals surface area contributed by atoms with Gasteiger partial charge in [-0.15, -0.1) is 0 Å². The molecule has 110 valence electrons. The number of halogens is 1. The number of ether oxygens (including phenoxy) is 1. The van der Waals surface area contributed by atoms with E-state index in [9.17, 15) is 14.7 Å². The average Bonchev–Trinajstić information content (AvgIpc) is 2.43. The molecule has 1 rings (SSSR count). The van der Waals surface area contributed by atoms with Crippen LogP contribution in [0.1, 0.15) is 31.9 Å². The van der Waals surface area contributed by atoms with Gasteiger partial charge in [0.2, 0.25) is 5.91 Å². The van der Waals surface area contributed by atoms with Crippen molar-refractivity contribution in [3.63, 3.8) is 0 Å². The molecule has 0 aliphatic heterocycles. The van der Waals surface area contributed by atoms with E-state index in [1.807, 2.05) is 13.8 Å². The van der Waals surface area contributed by atoms with E-state index in [0.29, 0.717) is 5.56 Å². The van der Waals surface area contributed by atoms with E-state index in [-0.39, 0.29) is 12.7 Å².